The lowest BCUT2D eigenvalue weighted by Gasteiger charge is -2.13. The molecule has 1 amide bonds. The summed E-state index contributed by atoms with van der Waals surface area (Å²) in [7, 11) is 0. The Kier molecular flexibility index (Phi) is 5.98. The standard InChI is InChI=1S/C21H19ClF3N3O/c1-13-3-4-15(11-14(13)2)9-10-26-20(29)18-12-27-28(19(18)21(23,24)25)17-7-5-16(22)6-8-17/h3-8,11-12H,9-10H2,1-2H3,(H,26,29). The van der Waals surface area contributed by atoms with Gasteiger partial charge in [-0.25, -0.2) is 4.68 Å². The molecule has 0 aliphatic carbocycles. The van der Waals surface area contributed by atoms with Crippen LogP contribution in [0, 0.1) is 13.8 Å². The van der Waals surface area contributed by atoms with Gasteiger partial charge in [0, 0.05) is 11.6 Å². The summed E-state index contributed by atoms with van der Waals surface area (Å²) in [6, 6.07) is 11.7. The van der Waals surface area contributed by atoms with Crippen LogP contribution in [0.1, 0.15) is 32.7 Å². The first-order valence-corrected chi connectivity index (χ1v) is 9.30. The number of halogens is 4. The molecule has 1 heterocycles. The van der Waals surface area contributed by atoms with Crippen molar-refractivity contribution in [2.75, 3.05) is 6.54 Å². The zero-order chi connectivity index (χ0) is 21.2. The van der Waals surface area contributed by atoms with Gasteiger partial charge in [-0.3, -0.25) is 4.79 Å². The number of carbonyl (C=O) groups excluding carboxylic acids is 1. The highest BCUT2D eigenvalue weighted by Gasteiger charge is 2.40. The van der Waals surface area contributed by atoms with Crippen LogP contribution >= 0.6 is 11.6 Å². The number of benzene rings is 2. The lowest BCUT2D eigenvalue weighted by Crippen LogP contribution is -2.28. The molecule has 0 spiro atoms. The molecule has 3 rings (SSSR count). The smallest absolute Gasteiger partial charge is 0.352 e. The van der Waals surface area contributed by atoms with Gasteiger partial charge in [-0.1, -0.05) is 29.8 Å². The molecular formula is C21H19ClF3N3O. The Bertz CT molecular complexity index is 1030. The SMILES string of the molecule is Cc1ccc(CCNC(=O)c2cnn(-c3ccc(Cl)cc3)c2C(F)(F)F)cc1C. The number of hydrogen-bond donors (Lipinski definition) is 1. The summed E-state index contributed by atoms with van der Waals surface area (Å²) in [6.07, 6.45) is -3.31. The second-order valence-corrected chi connectivity index (χ2v) is 7.15. The van der Waals surface area contributed by atoms with E-state index < -0.39 is 23.3 Å². The number of aryl methyl sites for hydroxylation is 2. The molecule has 0 fully saturated rings. The van der Waals surface area contributed by atoms with Gasteiger partial charge in [-0.15, -0.1) is 0 Å². The maximum atomic E-state index is 13.7. The van der Waals surface area contributed by atoms with E-state index in [-0.39, 0.29) is 12.2 Å². The zero-order valence-electron chi connectivity index (χ0n) is 15.8. The maximum Gasteiger partial charge on any atom is 0.434 e. The van der Waals surface area contributed by atoms with E-state index in [4.69, 9.17) is 11.6 Å². The Morgan fingerprint density at radius 1 is 1.10 bits per heavy atom. The molecule has 0 atom stereocenters. The van der Waals surface area contributed by atoms with Crippen molar-refractivity contribution in [1.29, 1.82) is 0 Å². The quantitative estimate of drug-likeness (QED) is 0.620. The summed E-state index contributed by atoms with van der Waals surface area (Å²) in [4.78, 5) is 12.4. The van der Waals surface area contributed by atoms with Gasteiger partial charge in [0.2, 0.25) is 0 Å². The largest absolute Gasteiger partial charge is 0.434 e. The molecule has 29 heavy (non-hydrogen) atoms. The van der Waals surface area contributed by atoms with Crippen molar-refractivity contribution in [1.82, 2.24) is 15.1 Å². The molecule has 1 aromatic heterocycles. The van der Waals surface area contributed by atoms with Crippen molar-refractivity contribution in [3.8, 4) is 5.69 Å². The monoisotopic (exact) mass is 421 g/mol. The first kappa shape index (κ1) is 20.9. The van der Waals surface area contributed by atoms with Gasteiger partial charge in [0.1, 0.15) is 0 Å². The third kappa shape index (κ3) is 4.79. The predicted octanol–water partition coefficient (Wildman–Crippen LogP) is 5.13. The topological polar surface area (TPSA) is 46.9 Å². The van der Waals surface area contributed by atoms with Crippen LogP contribution in [0.2, 0.25) is 5.02 Å². The number of nitrogens with zero attached hydrogens (tertiary/aromatic N) is 2. The average molecular weight is 422 g/mol. The fraction of sp³-hybridized carbons (Fsp3) is 0.238. The molecule has 1 N–H and O–H groups in total. The third-order valence-electron chi connectivity index (χ3n) is 4.62. The number of amides is 1. The van der Waals surface area contributed by atoms with Gasteiger partial charge in [0.05, 0.1) is 17.4 Å². The van der Waals surface area contributed by atoms with Gasteiger partial charge in [0.25, 0.3) is 5.91 Å². The first-order chi connectivity index (χ1) is 13.7. The minimum absolute atomic E-state index is 0.163. The predicted molar refractivity (Wildman–Crippen MR) is 106 cm³/mol. The fourth-order valence-electron chi connectivity index (χ4n) is 2.94. The van der Waals surface area contributed by atoms with E-state index in [1.165, 1.54) is 24.3 Å². The van der Waals surface area contributed by atoms with Crippen LogP contribution in [-0.4, -0.2) is 22.2 Å². The molecule has 0 bridgehead atoms. The molecule has 3 aromatic rings. The number of nitrogens with one attached hydrogen (secondary N) is 1. The van der Waals surface area contributed by atoms with Gasteiger partial charge < -0.3 is 5.32 Å². The second-order valence-electron chi connectivity index (χ2n) is 6.72. The highest BCUT2D eigenvalue weighted by Crippen LogP contribution is 2.33. The lowest BCUT2D eigenvalue weighted by molar-refractivity contribution is -0.143. The molecule has 0 saturated heterocycles. The summed E-state index contributed by atoms with van der Waals surface area (Å²) in [5, 5.41) is 6.73. The maximum absolute atomic E-state index is 13.7. The van der Waals surface area contributed by atoms with E-state index in [0.717, 1.165) is 22.9 Å². The van der Waals surface area contributed by atoms with Crippen LogP contribution in [0.15, 0.2) is 48.7 Å². The van der Waals surface area contributed by atoms with E-state index >= 15 is 0 Å². The van der Waals surface area contributed by atoms with E-state index in [2.05, 4.69) is 10.4 Å². The highest BCUT2D eigenvalue weighted by molar-refractivity contribution is 6.30. The van der Waals surface area contributed by atoms with Crippen molar-refractivity contribution < 1.29 is 18.0 Å². The van der Waals surface area contributed by atoms with Crippen LogP contribution in [0.3, 0.4) is 0 Å². The Morgan fingerprint density at radius 2 is 1.79 bits per heavy atom. The average Bonchev–Trinajstić information content (AvgIpc) is 3.11. The molecule has 4 nitrogen and oxygen atoms in total. The molecule has 0 saturated carbocycles. The number of hydrogen-bond acceptors (Lipinski definition) is 2. The van der Waals surface area contributed by atoms with Crippen molar-refractivity contribution >= 4 is 17.5 Å². The van der Waals surface area contributed by atoms with Gasteiger partial charge in [-0.2, -0.15) is 18.3 Å². The van der Waals surface area contributed by atoms with Crippen LogP contribution in [0.5, 0.6) is 0 Å². The Morgan fingerprint density at radius 3 is 2.41 bits per heavy atom. The molecule has 152 valence electrons. The first-order valence-electron chi connectivity index (χ1n) is 8.92. The summed E-state index contributed by atoms with van der Waals surface area (Å²) in [5.74, 6) is -0.818. The zero-order valence-corrected chi connectivity index (χ0v) is 16.6. The normalized spacial score (nSPS) is 11.5. The van der Waals surface area contributed by atoms with Crippen molar-refractivity contribution in [2.24, 2.45) is 0 Å². The summed E-state index contributed by atoms with van der Waals surface area (Å²) < 4.78 is 41.7. The molecule has 0 aliphatic rings. The van der Waals surface area contributed by atoms with E-state index in [1.54, 1.807) is 0 Å². The van der Waals surface area contributed by atoms with Crippen molar-refractivity contribution in [3.63, 3.8) is 0 Å². The van der Waals surface area contributed by atoms with Crippen LogP contribution < -0.4 is 5.32 Å². The number of carbonyl (C=O) groups is 1. The van der Waals surface area contributed by atoms with Gasteiger partial charge in [-0.05, 0) is 61.2 Å². The number of aromatic nitrogens is 2. The van der Waals surface area contributed by atoms with Gasteiger partial charge in [0.15, 0.2) is 5.69 Å². The van der Waals surface area contributed by atoms with E-state index in [0.29, 0.717) is 16.1 Å². The van der Waals surface area contributed by atoms with Crippen molar-refractivity contribution in [2.45, 2.75) is 26.4 Å². The molecule has 0 aliphatic heterocycles. The fourth-order valence-corrected chi connectivity index (χ4v) is 3.07. The number of rotatable bonds is 5. The van der Waals surface area contributed by atoms with E-state index in [9.17, 15) is 18.0 Å². The van der Waals surface area contributed by atoms with Crippen molar-refractivity contribution in [3.05, 3.63) is 81.6 Å². The number of alkyl halides is 3. The third-order valence-corrected chi connectivity index (χ3v) is 4.88. The Hall–Kier alpha value is -2.80. The second kappa shape index (κ2) is 8.29. The van der Waals surface area contributed by atoms with E-state index in [1.807, 2.05) is 32.0 Å². The molecular weight excluding hydrogens is 403 g/mol. The summed E-state index contributed by atoms with van der Waals surface area (Å²) in [6.45, 7) is 4.20. The van der Waals surface area contributed by atoms with Crippen LogP contribution in [0.25, 0.3) is 5.69 Å². The Balaban J connectivity index is 1.79. The van der Waals surface area contributed by atoms with Gasteiger partial charge >= 0.3 is 6.18 Å². The molecule has 2 aromatic carbocycles. The Labute approximate surface area is 171 Å². The van der Waals surface area contributed by atoms with Crippen LogP contribution in [-0.2, 0) is 12.6 Å². The van der Waals surface area contributed by atoms with Crippen LogP contribution in [0.4, 0.5) is 13.2 Å². The minimum Gasteiger partial charge on any atom is -0.352 e. The summed E-state index contributed by atoms with van der Waals surface area (Å²) >= 11 is 5.79. The highest BCUT2D eigenvalue weighted by atomic mass is 35.5. The summed E-state index contributed by atoms with van der Waals surface area (Å²) in [5.41, 5.74) is 1.80. The molecule has 0 unspecified atom stereocenters. The minimum atomic E-state index is -4.75. The molecule has 8 heteroatoms. The lowest BCUT2D eigenvalue weighted by atomic mass is 10.0. The molecule has 0 radical (unpaired) electrons.